The summed E-state index contributed by atoms with van der Waals surface area (Å²) in [4.78, 5) is 14.4. The van der Waals surface area contributed by atoms with Crippen LogP contribution < -0.4 is 0 Å². The average Bonchev–Trinajstić information content (AvgIpc) is 3.04. The number of Topliss-reactive ketones (excluding diaryl/α,β-unsaturated/α-hetero) is 1. The van der Waals surface area contributed by atoms with Crippen molar-refractivity contribution >= 4 is 40.3 Å². The van der Waals surface area contributed by atoms with E-state index in [-0.39, 0.29) is 5.78 Å². The van der Waals surface area contributed by atoms with Crippen molar-refractivity contribution in [3.8, 4) is 0 Å². The molecule has 0 aliphatic heterocycles. The van der Waals surface area contributed by atoms with Crippen molar-refractivity contribution in [3.05, 3.63) is 20.3 Å². The maximum Gasteiger partial charge on any atom is 0.179 e. The molecule has 0 saturated heterocycles. The molecule has 0 aromatic carbocycles. The van der Waals surface area contributed by atoms with Crippen LogP contribution in [0.25, 0.3) is 0 Å². The van der Waals surface area contributed by atoms with Crippen molar-refractivity contribution in [3.63, 3.8) is 0 Å². The van der Waals surface area contributed by atoms with Crippen molar-refractivity contribution < 1.29 is 4.79 Å². The molecule has 0 spiro atoms. The molecule has 3 atom stereocenters. The number of carbonyl (C=O) groups is 1. The van der Waals surface area contributed by atoms with Gasteiger partial charge in [-0.2, -0.15) is 0 Å². The normalized spacial score (nSPS) is 28.5. The first-order chi connectivity index (χ1) is 9.52. The molecule has 20 heavy (non-hydrogen) atoms. The van der Waals surface area contributed by atoms with Crippen LogP contribution >= 0.6 is 34.5 Å². The summed E-state index contributed by atoms with van der Waals surface area (Å²) in [7, 11) is 2.03. The van der Waals surface area contributed by atoms with E-state index in [0.717, 1.165) is 24.3 Å². The Morgan fingerprint density at radius 1 is 1.40 bits per heavy atom. The number of fused-ring (bicyclic) bond motifs is 2. The summed E-state index contributed by atoms with van der Waals surface area (Å²) in [5.74, 6) is 2.72. The van der Waals surface area contributed by atoms with E-state index in [2.05, 4.69) is 4.90 Å². The number of hydrogen-bond acceptors (Lipinski definition) is 3. The van der Waals surface area contributed by atoms with Crippen molar-refractivity contribution in [2.45, 2.75) is 25.7 Å². The van der Waals surface area contributed by atoms with Crippen LogP contribution in [-0.2, 0) is 0 Å². The van der Waals surface area contributed by atoms with Gasteiger partial charge in [0.25, 0.3) is 0 Å². The fraction of sp³-hybridized carbons (Fsp3) is 0.667. The molecule has 1 heterocycles. The summed E-state index contributed by atoms with van der Waals surface area (Å²) in [6.45, 7) is 1.46. The Balaban J connectivity index is 1.55. The molecule has 2 saturated carbocycles. The van der Waals surface area contributed by atoms with E-state index in [1.165, 1.54) is 37.0 Å². The number of hydrogen-bond donors (Lipinski definition) is 0. The summed E-state index contributed by atoms with van der Waals surface area (Å²) in [5, 5.41) is 0. The lowest BCUT2D eigenvalue weighted by Crippen LogP contribution is -2.32. The molecular weight excluding hydrogens is 313 g/mol. The molecule has 1 aromatic heterocycles. The van der Waals surface area contributed by atoms with Crippen LogP contribution in [0.5, 0.6) is 0 Å². The summed E-state index contributed by atoms with van der Waals surface area (Å²) in [5.41, 5.74) is 0.571. The third kappa shape index (κ3) is 3.06. The first-order valence-electron chi connectivity index (χ1n) is 7.19. The van der Waals surface area contributed by atoms with Gasteiger partial charge in [-0.25, -0.2) is 0 Å². The van der Waals surface area contributed by atoms with Gasteiger partial charge in [-0.05, 0) is 50.1 Å². The van der Waals surface area contributed by atoms with Crippen LogP contribution in [-0.4, -0.2) is 30.8 Å². The van der Waals surface area contributed by atoms with E-state index in [1.807, 2.05) is 7.05 Å². The minimum atomic E-state index is 0.0730. The number of carbonyl (C=O) groups excluding carboxylic acids is 1. The van der Waals surface area contributed by atoms with Crippen LogP contribution in [0.1, 0.15) is 36.0 Å². The molecule has 0 N–H and O–H groups in total. The van der Waals surface area contributed by atoms with Crippen molar-refractivity contribution in [1.29, 1.82) is 0 Å². The standard InChI is InChI=1S/C15H19Cl2NOS/c1-18(7-11-5-9-2-3-10(11)4-9)8-13(19)12-6-14(16)20-15(12)17/h6,9-11H,2-5,7-8H2,1H3. The van der Waals surface area contributed by atoms with Gasteiger partial charge in [0.05, 0.1) is 16.4 Å². The van der Waals surface area contributed by atoms with Crippen LogP contribution in [0, 0.1) is 17.8 Å². The number of nitrogens with zero attached hydrogens (tertiary/aromatic N) is 1. The first-order valence-corrected chi connectivity index (χ1v) is 8.76. The zero-order chi connectivity index (χ0) is 14.3. The van der Waals surface area contributed by atoms with E-state index < -0.39 is 0 Å². The van der Waals surface area contributed by atoms with E-state index in [4.69, 9.17) is 23.2 Å². The van der Waals surface area contributed by atoms with Gasteiger partial charge < -0.3 is 0 Å². The number of rotatable bonds is 5. The fourth-order valence-corrected chi connectivity index (χ4v) is 5.42. The van der Waals surface area contributed by atoms with E-state index >= 15 is 0 Å². The molecule has 2 nitrogen and oxygen atoms in total. The highest BCUT2D eigenvalue weighted by Crippen LogP contribution is 2.48. The molecular formula is C15H19Cl2NOS. The summed E-state index contributed by atoms with van der Waals surface area (Å²) >= 11 is 13.2. The van der Waals surface area contributed by atoms with E-state index in [1.54, 1.807) is 6.07 Å². The fourth-order valence-electron chi connectivity index (χ4n) is 3.93. The van der Waals surface area contributed by atoms with Crippen LogP contribution in [0.3, 0.4) is 0 Å². The second kappa shape index (κ2) is 5.96. The van der Waals surface area contributed by atoms with Crippen LogP contribution in [0.15, 0.2) is 6.07 Å². The molecule has 110 valence electrons. The predicted molar refractivity (Wildman–Crippen MR) is 85.1 cm³/mol. The van der Waals surface area contributed by atoms with E-state index in [0.29, 0.717) is 20.8 Å². The summed E-state index contributed by atoms with van der Waals surface area (Å²) in [6.07, 6.45) is 5.59. The molecule has 2 aliphatic rings. The lowest BCUT2D eigenvalue weighted by molar-refractivity contribution is 0.0930. The lowest BCUT2D eigenvalue weighted by atomic mass is 9.88. The molecule has 5 heteroatoms. The Labute approximate surface area is 134 Å². The molecule has 0 radical (unpaired) electrons. The number of ketones is 1. The highest BCUT2D eigenvalue weighted by atomic mass is 35.5. The Kier molecular flexibility index (Phi) is 4.42. The third-order valence-electron chi connectivity index (χ3n) is 4.80. The average molecular weight is 332 g/mol. The van der Waals surface area contributed by atoms with Crippen molar-refractivity contribution in [1.82, 2.24) is 4.90 Å². The van der Waals surface area contributed by atoms with Gasteiger partial charge in [-0.3, -0.25) is 9.69 Å². The molecule has 3 unspecified atom stereocenters. The molecule has 3 rings (SSSR count). The second-order valence-corrected chi connectivity index (χ2v) is 8.58. The molecule has 2 fully saturated rings. The Morgan fingerprint density at radius 2 is 2.20 bits per heavy atom. The quantitative estimate of drug-likeness (QED) is 0.734. The Hall–Kier alpha value is -0.0900. The molecule has 0 amide bonds. The molecule has 2 aliphatic carbocycles. The van der Waals surface area contributed by atoms with E-state index in [9.17, 15) is 4.79 Å². The lowest BCUT2D eigenvalue weighted by Gasteiger charge is -2.26. The monoisotopic (exact) mass is 331 g/mol. The largest absolute Gasteiger partial charge is 0.299 e. The predicted octanol–water partition coefficient (Wildman–Crippen LogP) is 4.61. The van der Waals surface area contributed by atoms with Gasteiger partial charge >= 0.3 is 0 Å². The van der Waals surface area contributed by atoms with Crippen LogP contribution in [0.4, 0.5) is 0 Å². The number of thiophene rings is 1. The van der Waals surface area contributed by atoms with Gasteiger partial charge in [0.1, 0.15) is 4.34 Å². The van der Waals surface area contributed by atoms with Gasteiger partial charge in [-0.1, -0.05) is 29.6 Å². The van der Waals surface area contributed by atoms with Gasteiger partial charge in [0.2, 0.25) is 0 Å². The maximum absolute atomic E-state index is 12.2. The van der Waals surface area contributed by atoms with Gasteiger partial charge in [-0.15, -0.1) is 11.3 Å². The Bertz CT molecular complexity index is 516. The molecule has 1 aromatic rings. The SMILES string of the molecule is CN(CC(=O)c1cc(Cl)sc1Cl)CC1CC2CCC1C2. The maximum atomic E-state index is 12.2. The summed E-state index contributed by atoms with van der Waals surface area (Å²) in [6, 6.07) is 1.68. The summed E-state index contributed by atoms with van der Waals surface area (Å²) < 4.78 is 1.09. The topological polar surface area (TPSA) is 20.3 Å². The highest BCUT2D eigenvalue weighted by Gasteiger charge is 2.39. The smallest absolute Gasteiger partial charge is 0.179 e. The zero-order valence-corrected chi connectivity index (χ0v) is 13.9. The zero-order valence-electron chi connectivity index (χ0n) is 11.6. The number of halogens is 2. The Morgan fingerprint density at radius 3 is 2.75 bits per heavy atom. The first kappa shape index (κ1) is 14.8. The highest BCUT2D eigenvalue weighted by molar-refractivity contribution is 7.20. The molecule has 2 bridgehead atoms. The number of likely N-dealkylation sites (N-methyl/N-ethyl adjacent to an activating group) is 1. The van der Waals surface area contributed by atoms with Gasteiger partial charge in [0.15, 0.2) is 5.78 Å². The van der Waals surface area contributed by atoms with Crippen molar-refractivity contribution in [2.24, 2.45) is 17.8 Å². The third-order valence-corrected chi connectivity index (χ3v) is 6.29. The minimum Gasteiger partial charge on any atom is -0.299 e. The second-order valence-electron chi connectivity index (χ2n) is 6.29. The van der Waals surface area contributed by atoms with Crippen LogP contribution in [0.2, 0.25) is 8.67 Å². The van der Waals surface area contributed by atoms with Crippen molar-refractivity contribution in [2.75, 3.05) is 20.1 Å². The minimum absolute atomic E-state index is 0.0730. The van der Waals surface area contributed by atoms with Gasteiger partial charge in [0, 0.05) is 6.54 Å².